The minimum absolute atomic E-state index is 0.0249. The number of ether oxygens (including phenoxy) is 14. The average molecular weight is 1440 g/mol. The lowest BCUT2D eigenvalue weighted by Gasteiger charge is -2.25. The molecule has 6 aromatic carbocycles. The highest BCUT2D eigenvalue weighted by Crippen LogP contribution is 2.35. The molecule has 0 saturated heterocycles. The predicted octanol–water partition coefficient (Wildman–Crippen LogP) is 14.0. The van der Waals surface area contributed by atoms with Crippen LogP contribution in [0.4, 0.5) is 0 Å². The van der Waals surface area contributed by atoms with Crippen molar-refractivity contribution in [3.05, 3.63) is 182 Å². The molecule has 104 heavy (non-hydrogen) atoms. The van der Waals surface area contributed by atoms with Crippen LogP contribution in [0.25, 0.3) is 21.5 Å². The molecule has 0 bridgehead atoms. The molecular formula is C80H90O24. The monoisotopic (exact) mass is 1430 g/mol. The van der Waals surface area contributed by atoms with Crippen LogP contribution in [0.3, 0.4) is 0 Å². The summed E-state index contributed by atoms with van der Waals surface area (Å²) in [4.78, 5) is 133. The quantitative estimate of drug-likeness (QED) is 0.0113. The summed E-state index contributed by atoms with van der Waals surface area (Å²) in [6, 6.07) is 27.5. The fraction of sp³-hybridized carbons (Fsp3) is 0.375. The van der Waals surface area contributed by atoms with Gasteiger partial charge in [-0.25, -0.2) is 47.9 Å². The summed E-state index contributed by atoms with van der Waals surface area (Å²) in [6.45, 7) is 18.5. The van der Waals surface area contributed by atoms with Crippen LogP contribution >= 0.6 is 0 Å². The third-order valence-corrected chi connectivity index (χ3v) is 15.5. The third-order valence-electron chi connectivity index (χ3n) is 15.5. The molecule has 0 saturated carbocycles. The molecule has 0 fully saturated rings. The Morgan fingerprint density at radius 2 is 0.615 bits per heavy atom. The molecule has 0 aliphatic heterocycles. The zero-order valence-corrected chi connectivity index (χ0v) is 58.9. The summed E-state index contributed by atoms with van der Waals surface area (Å²) in [6.07, 6.45) is 8.42. The molecule has 24 heteroatoms. The van der Waals surface area contributed by atoms with Crippen molar-refractivity contribution in [3.8, 4) is 34.5 Å². The van der Waals surface area contributed by atoms with E-state index in [2.05, 4.69) is 26.3 Å². The van der Waals surface area contributed by atoms with E-state index in [1.54, 1.807) is 60.7 Å². The Hall–Kier alpha value is -11.3. The van der Waals surface area contributed by atoms with Gasteiger partial charge in [0.05, 0.1) is 77.2 Å². The van der Waals surface area contributed by atoms with Crippen molar-refractivity contribution in [2.75, 3.05) is 66.1 Å². The van der Waals surface area contributed by atoms with E-state index < -0.39 is 71.9 Å². The average Bonchev–Trinajstić information content (AvgIpc) is 0.778. The van der Waals surface area contributed by atoms with E-state index in [4.69, 9.17) is 66.3 Å². The molecule has 0 spiro atoms. The Balaban J connectivity index is 1.32. The normalized spacial score (nSPS) is 11.3. The van der Waals surface area contributed by atoms with Crippen molar-refractivity contribution in [2.45, 2.75) is 129 Å². The summed E-state index contributed by atoms with van der Waals surface area (Å²) in [5, 5.41) is 0.953. The second-order valence-corrected chi connectivity index (χ2v) is 23.3. The number of hydrogen-bond acceptors (Lipinski definition) is 24. The zero-order valence-electron chi connectivity index (χ0n) is 58.9. The Morgan fingerprint density at radius 1 is 0.317 bits per heavy atom. The second kappa shape index (κ2) is 45.5. The van der Waals surface area contributed by atoms with Crippen molar-refractivity contribution in [2.24, 2.45) is 0 Å². The summed E-state index contributed by atoms with van der Waals surface area (Å²) in [5.74, 6) is -7.29. The molecular weight excluding hydrogens is 1340 g/mol. The molecule has 6 rings (SSSR count). The van der Waals surface area contributed by atoms with E-state index in [-0.39, 0.29) is 109 Å². The maximum absolute atomic E-state index is 15.3. The van der Waals surface area contributed by atoms with Crippen LogP contribution in [0.1, 0.15) is 158 Å². The number of rotatable bonds is 49. The molecule has 0 aliphatic carbocycles. The number of unbranched alkanes of at least 4 members (excludes halogenated alkanes) is 10. The van der Waals surface area contributed by atoms with Crippen LogP contribution in [0.5, 0.6) is 34.5 Å². The van der Waals surface area contributed by atoms with Gasteiger partial charge in [-0.05, 0) is 186 Å². The van der Waals surface area contributed by atoms with Gasteiger partial charge in [0.2, 0.25) is 12.2 Å². The van der Waals surface area contributed by atoms with Crippen LogP contribution in [0.2, 0.25) is 0 Å². The Bertz CT molecular complexity index is 3640. The van der Waals surface area contributed by atoms with Gasteiger partial charge >= 0.3 is 59.7 Å². The lowest BCUT2D eigenvalue weighted by Crippen LogP contribution is -2.47. The number of carbonyl (C=O) groups excluding carboxylic acids is 10. The molecule has 0 amide bonds. The van der Waals surface area contributed by atoms with Crippen molar-refractivity contribution in [1.82, 2.24) is 0 Å². The Morgan fingerprint density at radius 3 is 0.952 bits per heavy atom. The molecule has 0 aliphatic rings. The lowest BCUT2D eigenvalue weighted by atomic mass is 10.0. The van der Waals surface area contributed by atoms with Gasteiger partial charge < -0.3 is 66.3 Å². The second-order valence-electron chi connectivity index (χ2n) is 23.3. The van der Waals surface area contributed by atoms with E-state index in [9.17, 15) is 38.4 Å². The van der Waals surface area contributed by atoms with Gasteiger partial charge in [-0.15, -0.1) is 0 Å². The minimum Gasteiger partial charge on any atom is -0.494 e. The largest absolute Gasteiger partial charge is 0.494 e. The van der Waals surface area contributed by atoms with Crippen LogP contribution in [0, 0.1) is 0 Å². The van der Waals surface area contributed by atoms with Crippen LogP contribution in [0.15, 0.2) is 160 Å². The van der Waals surface area contributed by atoms with Gasteiger partial charge in [-0.1, -0.05) is 77.3 Å². The molecule has 0 radical (unpaired) electrons. The Kier molecular flexibility index (Phi) is 35.8. The number of fused-ring (bicyclic) bond motifs is 2. The molecule has 2 atom stereocenters. The topological polar surface area (TPSA) is 300 Å². The molecule has 24 nitrogen and oxygen atoms in total. The van der Waals surface area contributed by atoms with Crippen LogP contribution in [-0.4, -0.2) is 138 Å². The van der Waals surface area contributed by atoms with E-state index in [1.165, 1.54) is 48.5 Å². The maximum atomic E-state index is 15.3. The maximum Gasteiger partial charge on any atom is 0.352 e. The van der Waals surface area contributed by atoms with Gasteiger partial charge in [-0.3, -0.25) is 0 Å². The molecule has 0 heterocycles. The first-order valence-corrected chi connectivity index (χ1v) is 34.7. The predicted molar refractivity (Wildman–Crippen MR) is 383 cm³/mol. The summed E-state index contributed by atoms with van der Waals surface area (Å²) >= 11 is 0. The first-order chi connectivity index (χ1) is 50.5. The Labute approximate surface area is 604 Å². The molecule has 6 aromatic rings. The summed E-state index contributed by atoms with van der Waals surface area (Å²) in [5.41, 5.74) is -0.358. The van der Waals surface area contributed by atoms with E-state index in [0.717, 1.165) is 24.3 Å². The standard InChI is InChI=1S/C80H90O24/c1-7-13-43-99-79(89)73(103-77(87)71-63-39-27-57(53-55(63)29-41-65(71)93-47-19-15-17-21-49-95-67(81)9-3)75(85)101-61-35-31-59(32-36-61)91-45-23-25-51-97-69(83)11-5)74(80(90)100-44-14-8-2)104-78(88)72-64-40-28-58(54-56(64)30-42-66(72)94-48-20-16-18-22-50-96-68(82)10-4)76(86)102-62-37-33-60(34-38-62)92-46-24-26-52-98-70(84)12-6/h9-12,27-42,53-54,73-74H,3-8,13-26,43-52H2,1-2H3. The van der Waals surface area contributed by atoms with Gasteiger partial charge in [0.25, 0.3) is 0 Å². The van der Waals surface area contributed by atoms with Crippen molar-refractivity contribution < 1.29 is 114 Å². The minimum atomic E-state index is -2.34. The van der Waals surface area contributed by atoms with E-state index in [0.29, 0.717) is 138 Å². The highest BCUT2D eigenvalue weighted by atomic mass is 16.6. The number of benzene rings is 6. The van der Waals surface area contributed by atoms with Gasteiger partial charge in [0.15, 0.2) is 0 Å². The summed E-state index contributed by atoms with van der Waals surface area (Å²) < 4.78 is 79.5. The van der Waals surface area contributed by atoms with Gasteiger partial charge in [0, 0.05) is 35.1 Å². The molecule has 0 aromatic heterocycles. The lowest BCUT2D eigenvalue weighted by molar-refractivity contribution is -0.174. The molecule has 0 N–H and O–H groups in total. The highest BCUT2D eigenvalue weighted by molar-refractivity contribution is 6.11. The van der Waals surface area contributed by atoms with Crippen LogP contribution < -0.4 is 28.4 Å². The third kappa shape index (κ3) is 27.6. The SMILES string of the molecule is C=CC(=O)OCCCCCCOc1ccc2cc(C(=O)Oc3ccc(OCCCCOC(=O)C=C)cc3)ccc2c1C(=O)OC(C(=O)OCCCC)C(OC(=O)c1c(OCCCCCCOC(=O)C=C)ccc2cc(C(=O)Oc3ccc(OCCCCOC(=O)C=C)cc3)ccc12)C(=O)OCCCC. The summed E-state index contributed by atoms with van der Waals surface area (Å²) in [7, 11) is 0. The molecule has 554 valence electrons. The number of carbonyl (C=O) groups is 10. The van der Waals surface area contributed by atoms with Crippen molar-refractivity contribution in [1.29, 1.82) is 0 Å². The highest BCUT2D eigenvalue weighted by Gasteiger charge is 2.44. The van der Waals surface area contributed by atoms with Crippen LogP contribution in [-0.2, 0) is 66.7 Å². The van der Waals surface area contributed by atoms with E-state index in [1.807, 2.05) is 13.8 Å². The first kappa shape index (κ1) is 81.7. The fourth-order valence-corrected chi connectivity index (χ4v) is 9.88. The molecule has 2 unspecified atom stereocenters. The fourth-order valence-electron chi connectivity index (χ4n) is 9.88. The van der Waals surface area contributed by atoms with Crippen molar-refractivity contribution >= 4 is 81.2 Å². The van der Waals surface area contributed by atoms with Gasteiger partial charge in [-0.2, -0.15) is 0 Å². The number of hydrogen-bond donors (Lipinski definition) is 0. The number of esters is 10. The smallest absolute Gasteiger partial charge is 0.352 e. The van der Waals surface area contributed by atoms with Gasteiger partial charge in [0.1, 0.15) is 45.6 Å². The first-order valence-electron chi connectivity index (χ1n) is 34.7. The van der Waals surface area contributed by atoms with E-state index >= 15 is 9.59 Å². The zero-order chi connectivity index (χ0) is 74.9. The van der Waals surface area contributed by atoms with Crippen molar-refractivity contribution in [3.63, 3.8) is 0 Å².